The molecule has 0 aliphatic heterocycles. The van der Waals surface area contributed by atoms with Crippen molar-refractivity contribution in [1.29, 1.82) is 0 Å². The Balaban J connectivity index is 1.35. The summed E-state index contributed by atoms with van der Waals surface area (Å²) < 4.78 is 21.6. The zero-order valence-electron chi connectivity index (χ0n) is 24.9. The zero-order valence-corrected chi connectivity index (χ0v) is 26.4. The Bertz CT molecular complexity index is 1990. The molecular weight excluding hydrogens is 633 g/mol. The Kier molecular flexibility index (Phi) is 9.90. The second-order valence-electron chi connectivity index (χ2n) is 9.70. The first-order chi connectivity index (χ1) is 22.2. The highest BCUT2D eigenvalue weighted by Crippen LogP contribution is 2.39. The molecule has 0 fully saturated rings. The maximum atomic E-state index is 13.4. The van der Waals surface area contributed by atoms with E-state index in [1.807, 2.05) is 24.3 Å². The molecule has 0 saturated heterocycles. The molecule has 4 aromatic carbocycles. The lowest BCUT2D eigenvalue weighted by Crippen LogP contribution is -2.19. The third kappa shape index (κ3) is 6.98. The van der Waals surface area contributed by atoms with E-state index in [0.29, 0.717) is 38.9 Å². The minimum Gasteiger partial charge on any atom is -0.493 e. The number of carbonyl (C=O) groups excluding carboxylic acids is 3. The van der Waals surface area contributed by atoms with Crippen molar-refractivity contribution in [3.05, 3.63) is 106 Å². The lowest BCUT2D eigenvalue weighted by molar-refractivity contribution is -0.132. The Hall–Kier alpha value is -5.32. The highest BCUT2D eigenvalue weighted by Gasteiger charge is 2.22. The van der Waals surface area contributed by atoms with Gasteiger partial charge in [0, 0.05) is 28.5 Å². The van der Waals surface area contributed by atoms with Gasteiger partial charge >= 0.3 is 11.9 Å². The highest BCUT2D eigenvalue weighted by molar-refractivity contribution is 6.37. The van der Waals surface area contributed by atoms with Crippen LogP contribution in [0.1, 0.15) is 40.3 Å². The number of hydrazone groups is 1. The van der Waals surface area contributed by atoms with E-state index in [9.17, 15) is 14.4 Å². The Morgan fingerprint density at radius 1 is 0.870 bits per heavy atom. The fraction of sp³-hybridized carbons (Fsp3) is 0.118. The Labute approximate surface area is 273 Å². The van der Waals surface area contributed by atoms with Gasteiger partial charge in [0.15, 0.2) is 23.0 Å². The zero-order chi connectivity index (χ0) is 32.8. The van der Waals surface area contributed by atoms with E-state index < -0.39 is 17.8 Å². The van der Waals surface area contributed by atoms with Gasteiger partial charge in [-0.05, 0) is 61.0 Å². The molecule has 0 bridgehead atoms. The van der Waals surface area contributed by atoms with Gasteiger partial charge in [-0.3, -0.25) is 9.59 Å². The monoisotopic (exact) mass is 659 g/mol. The lowest BCUT2D eigenvalue weighted by Gasteiger charge is -2.13. The number of rotatable bonds is 10. The summed E-state index contributed by atoms with van der Waals surface area (Å²) in [4.78, 5) is 40.8. The quantitative estimate of drug-likeness (QED) is 0.0689. The Morgan fingerprint density at radius 3 is 2.35 bits per heavy atom. The smallest absolute Gasteiger partial charge is 0.343 e. The molecule has 0 aliphatic carbocycles. The second-order valence-corrected chi connectivity index (χ2v) is 10.5. The fourth-order valence-electron chi connectivity index (χ4n) is 4.67. The summed E-state index contributed by atoms with van der Waals surface area (Å²) in [6, 6.07) is 21.7. The van der Waals surface area contributed by atoms with Crippen LogP contribution in [0.2, 0.25) is 10.0 Å². The number of methoxy groups -OCH3 is 1. The number of halogens is 2. The molecule has 234 valence electrons. The maximum absolute atomic E-state index is 13.4. The average molecular weight is 661 g/mol. The molecule has 0 radical (unpaired) electrons. The van der Waals surface area contributed by atoms with Gasteiger partial charge in [0.05, 0.1) is 36.0 Å². The van der Waals surface area contributed by atoms with Gasteiger partial charge < -0.3 is 23.9 Å². The summed E-state index contributed by atoms with van der Waals surface area (Å²) in [5.74, 6) is -0.915. The van der Waals surface area contributed by atoms with Gasteiger partial charge in [-0.2, -0.15) is 5.10 Å². The number of esters is 2. The fourth-order valence-corrected chi connectivity index (χ4v) is 5.12. The number of amides is 1. The van der Waals surface area contributed by atoms with Crippen LogP contribution < -0.4 is 24.4 Å². The Morgan fingerprint density at radius 2 is 1.61 bits per heavy atom. The number of hydrogen-bond donors (Lipinski definition) is 2. The highest BCUT2D eigenvalue weighted by atomic mass is 35.5. The normalized spacial score (nSPS) is 11.0. The predicted octanol–water partition coefficient (Wildman–Crippen LogP) is 7.46. The molecule has 0 unspecified atom stereocenters. The van der Waals surface area contributed by atoms with Crippen LogP contribution in [0, 0.1) is 0 Å². The van der Waals surface area contributed by atoms with Crippen molar-refractivity contribution in [1.82, 2.24) is 10.4 Å². The van der Waals surface area contributed by atoms with Crippen LogP contribution >= 0.6 is 23.2 Å². The van der Waals surface area contributed by atoms with E-state index >= 15 is 0 Å². The van der Waals surface area contributed by atoms with Crippen LogP contribution in [0.15, 0.2) is 84.0 Å². The molecule has 0 atom stereocenters. The lowest BCUT2D eigenvalue weighted by atomic mass is 10.0. The van der Waals surface area contributed by atoms with Gasteiger partial charge in [-0.15, -0.1) is 0 Å². The van der Waals surface area contributed by atoms with Crippen LogP contribution in [0.3, 0.4) is 0 Å². The van der Waals surface area contributed by atoms with Crippen molar-refractivity contribution in [3.63, 3.8) is 0 Å². The molecule has 10 nitrogen and oxygen atoms in total. The third-order valence-electron chi connectivity index (χ3n) is 6.66. The van der Waals surface area contributed by atoms with Crippen molar-refractivity contribution < 1.29 is 33.3 Å². The van der Waals surface area contributed by atoms with Crippen LogP contribution in [0.4, 0.5) is 0 Å². The number of fused-ring (bicyclic) bond motifs is 1. The minimum atomic E-state index is -0.685. The summed E-state index contributed by atoms with van der Waals surface area (Å²) in [5.41, 5.74) is 5.37. The average Bonchev–Trinajstić information content (AvgIpc) is 3.43. The first-order valence-corrected chi connectivity index (χ1v) is 14.7. The van der Waals surface area contributed by atoms with E-state index in [1.165, 1.54) is 38.4 Å². The van der Waals surface area contributed by atoms with Crippen molar-refractivity contribution >= 4 is 58.2 Å². The predicted molar refractivity (Wildman–Crippen MR) is 176 cm³/mol. The SMILES string of the molecule is CCOc1cc(C=NNC(=O)c2[nH]c3c(Cl)cccc3c2-c2ccccc2Cl)ccc1OC(=O)c1ccc(OC(C)=O)c(OC)c1. The topological polar surface area (TPSA) is 128 Å². The third-order valence-corrected chi connectivity index (χ3v) is 7.30. The van der Waals surface area contributed by atoms with Gasteiger partial charge in [0.1, 0.15) is 5.69 Å². The van der Waals surface area contributed by atoms with Crippen molar-refractivity contribution in [2.75, 3.05) is 13.7 Å². The number of aromatic nitrogens is 1. The van der Waals surface area contributed by atoms with E-state index in [0.717, 1.165) is 5.39 Å². The van der Waals surface area contributed by atoms with Gasteiger partial charge in [-0.25, -0.2) is 10.2 Å². The number of carbonyl (C=O) groups is 3. The van der Waals surface area contributed by atoms with E-state index in [4.69, 9.17) is 42.1 Å². The number of hydrogen-bond acceptors (Lipinski definition) is 8. The number of ether oxygens (including phenoxy) is 4. The summed E-state index contributed by atoms with van der Waals surface area (Å²) in [7, 11) is 1.39. The molecule has 1 aromatic heterocycles. The number of H-pyrrole nitrogens is 1. The standard InChI is InChI=1S/C34H27Cl2N3O7/c1-4-44-29-16-20(12-14-27(29)46-34(42)21-13-15-26(45-19(2)40)28(17-21)43-3)18-37-39-33(41)32-30(22-8-5-6-10-24(22)35)23-9-7-11-25(36)31(23)38-32/h5-18,38H,4H2,1-3H3,(H,39,41). The van der Waals surface area contributed by atoms with E-state index in [1.54, 1.807) is 43.3 Å². The van der Waals surface area contributed by atoms with Gasteiger partial charge in [-0.1, -0.05) is 53.5 Å². The molecule has 12 heteroatoms. The molecule has 1 heterocycles. The number of benzene rings is 4. The van der Waals surface area contributed by atoms with Crippen LogP contribution in [-0.4, -0.2) is 42.8 Å². The van der Waals surface area contributed by atoms with Crippen molar-refractivity contribution in [3.8, 4) is 34.1 Å². The van der Waals surface area contributed by atoms with Crippen molar-refractivity contribution in [2.45, 2.75) is 13.8 Å². The van der Waals surface area contributed by atoms with Crippen molar-refractivity contribution in [2.24, 2.45) is 5.10 Å². The molecular formula is C34H27Cl2N3O7. The minimum absolute atomic E-state index is 0.162. The molecule has 1 amide bonds. The summed E-state index contributed by atoms with van der Waals surface area (Å²) in [6.07, 6.45) is 1.43. The molecule has 46 heavy (non-hydrogen) atoms. The molecule has 0 saturated carbocycles. The molecule has 0 spiro atoms. The van der Waals surface area contributed by atoms with Crippen LogP contribution in [0.25, 0.3) is 22.0 Å². The first-order valence-electron chi connectivity index (χ1n) is 13.9. The first kappa shape index (κ1) is 32.1. The molecule has 2 N–H and O–H groups in total. The number of nitrogens with one attached hydrogen (secondary N) is 2. The number of nitrogens with zero attached hydrogens (tertiary/aromatic N) is 1. The maximum Gasteiger partial charge on any atom is 0.343 e. The second kappa shape index (κ2) is 14.2. The number of para-hydroxylation sites is 1. The number of aromatic amines is 1. The van der Waals surface area contributed by atoms with Gasteiger partial charge in [0.25, 0.3) is 5.91 Å². The van der Waals surface area contributed by atoms with Crippen LogP contribution in [0.5, 0.6) is 23.0 Å². The summed E-state index contributed by atoms with van der Waals surface area (Å²) in [5, 5.41) is 5.80. The summed E-state index contributed by atoms with van der Waals surface area (Å²) >= 11 is 12.9. The molecule has 5 rings (SSSR count). The largest absolute Gasteiger partial charge is 0.493 e. The van der Waals surface area contributed by atoms with E-state index in [2.05, 4.69) is 15.5 Å². The molecule has 0 aliphatic rings. The summed E-state index contributed by atoms with van der Waals surface area (Å²) in [6.45, 7) is 3.34. The van der Waals surface area contributed by atoms with Gasteiger partial charge in [0.2, 0.25) is 0 Å². The van der Waals surface area contributed by atoms with E-state index in [-0.39, 0.29) is 34.3 Å². The molecule has 5 aromatic rings. The van der Waals surface area contributed by atoms with Crippen LogP contribution in [-0.2, 0) is 4.79 Å².